The van der Waals surface area contributed by atoms with Crippen molar-refractivity contribution in [3.8, 4) is 34.2 Å². The molecule has 0 bridgehead atoms. The molecule has 7 nitrogen and oxygen atoms in total. The Morgan fingerprint density at radius 2 is 1.47 bits per heavy atom. The average molecular weight is 740 g/mol. The van der Waals surface area contributed by atoms with E-state index in [1.54, 1.807) is 0 Å². The molecule has 5 aromatic rings. The first-order valence-corrected chi connectivity index (χ1v) is 20.8. The zero-order valence-corrected chi connectivity index (χ0v) is 33.1. The van der Waals surface area contributed by atoms with E-state index in [0.29, 0.717) is 12.0 Å². The van der Waals surface area contributed by atoms with Crippen molar-refractivity contribution in [2.75, 3.05) is 6.54 Å². The molecule has 0 atom stereocenters. The molecule has 7 heteroatoms. The minimum absolute atomic E-state index is 0.160. The standard InChI is InChI=1S/C38H40N4O.C10H21NO/c1-2-3-4-5-8-14-28-15-13-16-29(25-28)26-41-36(31-19-11-7-12-20-31)34(30-17-9-6-10-18-30)35-37(39)42(27-40-38(35)41)32-21-23-33(43)24-22-32;1-2-3-4-5-6-7-8-9-11-10-12/h6-7,9-13,15-20,25,27,32-33,39,43H,2-5,21-24,26H2,1H3;10H,2-9H2,1H3,(H,11,12). The molecule has 2 aromatic heterocycles. The number of carbonyl (C=O) groups excluding carboxylic acids is 1. The zero-order chi connectivity index (χ0) is 38.7. The highest BCUT2D eigenvalue weighted by atomic mass is 16.3. The van der Waals surface area contributed by atoms with Crippen molar-refractivity contribution in [1.29, 1.82) is 5.41 Å². The highest BCUT2D eigenvalue weighted by Crippen LogP contribution is 2.40. The minimum atomic E-state index is -0.245. The summed E-state index contributed by atoms with van der Waals surface area (Å²) in [6.45, 7) is 5.91. The fourth-order valence-corrected chi connectivity index (χ4v) is 7.62. The van der Waals surface area contributed by atoms with Crippen molar-refractivity contribution >= 4 is 17.4 Å². The summed E-state index contributed by atoms with van der Waals surface area (Å²) in [6.07, 6.45) is 19.2. The number of carbonyl (C=O) groups is 1. The number of benzene rings is 3. The maximum Gasteiger partial charge on any atom is 0.207 e. The van der Waals surface area contributed by atoms with Gasteiger partial charge in [-0.2, -0.15) is 0 Å². The van der Waals surface area contributed by atoms with Gasteiger partial charge in [0.2, 0.25) is 6.41 Å². The van der Waals surface area contributed by atoms with Gasteiger partial charge in [0.1, 0.15) is 11.1 Å². The second-order valence-corrected chi connectivity index (χ2v) is 14.9. The minimum Gasteiger partial charge on any atom is -0.393 e. The molecule has 6 rings (SSSR count). The SMILES string of the molecule is CCCCCC#Cc1cccc(Cn2c(-c3ccccc3)c(-c3ccccc3)c3c(=N)n(C4CCC(O)CC4)cnc32)c1.CCCCCCCCCNC=O. The number of hydrogen-bond acceptors (Lipinski definition) is 4. The number of amides is 1. The number of aromatic nitrogens is 3. The van der Waals surface area contributed by atoms with Crippen LogP contribution in [0.1, 0.15) is 127 Å². The van der Waals surface area contributed by atoms with Gasteiger partial charge >= 0.3 is 0 Å². The first kappa shape index (κ1) is 41.2. The van der Waals surface area contributed by atoms with Gasteiger partial charge in [-0.05, 0) is 67.3 Å². The van der Waals surface area contributed by atoms with Gasteiger partial charge in [0.15, 0.2) is 0 Å². The Labute approximate surface area is 328 Å². The van der Waals surface area contributed by atoms with E-state index < -0.39 is 0 Å². The molecule has 1 amide bonds. The molecule has 0 aliphatic heterocycles. The Balaban J connectivity index is 0.000000418. The fourth-order valence-electron chi connectivity index (χ4n) is 7.62. The lowest BCUT2D eigenvalue weighted by Crippen LogP contribution is -2.29. The van der Waals surface area contributed by atoms with Crippen LogP contribution in [0.15, 0.2) is 91.3 Å². The van der Waals surface area contributed by atoms with Gasteiger partial charge in [-0.25, -0.2) is 4.98 Å². The Morgan fingerprint density at radius 3 is 2.16 bits per heavy atom. The summed E-state index contributed by atoms with van der Waals surface area (Å²) in [4.78, 5) is 14.9. The molecule has 1 aliphatic rings. The van der Waals surface area contributed by atoms with E-state index >= 15 is 0 Å². The predicted molar refractivity (Wildman–Crippen MR) is 227 cm³/mol. The van der Waals surface area contributed by atoms with E-state index in [1.807, 2.05) is 23.0 Å². The van der Waals surface area contributed by atoms with Crippen molar-refractivity contribution in [3.05, 3.63) is 108 Å². The van der Waals surface area contributed by atoms with Gasteiger partial charge in [0.05, 0.1) is 23.5 Å². The van der Waals surface area contributed by atoms with E-state index in [2.05, 4.69) is 108 Å². The number of aliphatic hydroxyl groups is 1. The van der Waals surface area contributed by atoms with E-state index in [4.69, 9.17) is 4.98 Å². The highest BCUT2D eigenvalue weighted by molar-refractivity contribution is 6.02. The van der Waals surface area contributed by atoms with Gasteiger partial charge in [-0.1, -0.05) is 150 Å². The number of hydrogen-bond donors (Lipinski definition) is 3. The van der Waals surface area contributed by atoms with E-state index in [0.717, 1.165) is 102 Å². The fraction of sp³-hybridized carbons (Fsp3) is 0.438. The number of nitrogens with zero attached hydrogens (tertiary/aromatic N) is 3. The van der Waals surface area contributed by atoms with Crippen LogP contribution < -0.4 is 10.8 Å². The van der Waals surface area contributed by atoms with Gasteiger partial charge in [0.25, 0.3) is 0 Å². The van der Waals surface area contributed by atoms with Gasteiger partial charge in [0, 0.05) is 36.7 Å². The molecule has 290 valence electrons. The van der Waals surface area contributed by atoms with E-state index in [-0.39, 0.29) is 12.1 Å². The van der Waals surface area contributed by atoms with Crippen LogP contribution in [0.5, 0.6) is 0 Å². The maximum atomic E-state index is 10.1. The lowest BCUT2D eigenvalue weighted by atomic mass is 9.93. The van der Waals surface area contributed by atoms with Crippen LogP contribution in [0.2, 0.25) is 0 Å². The Hall–Kier alpha value is -4.93. The molecule has 2 heterocycles. The van der Waals surface area contributed by atoms with Crippen molar-refractivity contribution in [1.82, 2.24) is 19.4 Å². The Kier molecular flexibility index (Phi) is 16.8. The molecule has 55 heavy (non-hydrogen) atoms. The van der Waals surface area contributed by atoms with Gasteiger partial charge < -0.3 is 19.6 Å². The molecule has 3 aromatic carbocycles. The van der Waals surface area contributed by atoms with Crippen LogP contribution in [0, 0.1) is 17.3 Å². The summed E-state index contributed by atoms with van der Waals surface area (Å²) in [5.41, 5.74) is 7.74. The largest absolute Gasteiger partial charge is 0.393 e. The summed E-state index contributed by atoms with van der Waals surface area (Å²) in [7, 11) is 0. The molecule has 0 unspecified atom stereocenters. The van der Waals surface area contributed by atoms with Gasteiger partial charge in [-0.3, -0.25) is 10.2 Å². The van der Waals surface area contributed by atoms with Crippen LogP contribution in [-0.4, -0.2) is 38.3 Å². The summed E-state index contributed by atoms with van der Waals surface area (Å²) in [5.74, 6) is 6.73. The smallest absolute Gasteiger partial charge is 0.207 e. The third kappa shape index (κ3) is 11.8. The quantitative estimate of drug-likeness (QED) is 0.0503. The topological polar surface area (TPSA) is 95.9 Å². The number of nitrogens with one attached hydrogen (secondary N) is 2. The second kappa shape index (κ2) is 22.4. The lowest BCUT2D eigenvalue weighted by Gasteiger charge is -2.27. The Bertz CT molecular complexity index is 2010. The van der Waals surface area contributed by atoms with Crippen LogP contribution in [0.3, 0.4) is 0 Å². The monoisotopic (exact) mass is 739 g/mol. The second-order valence-electron chi connectivity index (χ2n) is 14.9. The predicted octanol–water partition coefficient (Wildman–Crippen LogP) is 10.6. The number of rotatable bonds is 17. The molecule has 1 saturated carbocycles. The van der Waals surface area contributed by atoms with E-state index in [9.17, 15) is 15.3 Å². The number of unbranched alkanes of at least 4 members (excludes halogenated alkanes) is 9. The van der Waals surface area contributed by atoms with Crippen LogP contribution in [0.4, 0.5) is 0 Å². The van der Waals surface area contributed by atoms with Crippen LogP contribution in [0.25, 0.3) is 33.4 Å². The molecule has 3 N–H and O–H groups in total. The van der Waals surface area contributed by atoms with Gasteiger partial charge in [-0.15, -0.1) is 0 Å². The summed E-state index contributed by atoms with van der Waals surface area (Å²) in [5, 5.41) is 23.2. The molecule has 0 spiro atoms. The molecule has 0 saturated heterocycles. The van der Waals surface area contributed by atoms with Crippen molar-refractivity contribution in [2.45, 2.75) is 129 Å². The first-order valence-electron chi connectivity index (χ1n) is 20.8. The number of aliphatic hydroxyl groups excluding tert-OH is 1. The normalized spacial score (nSPS) is 15.1. The molecular formula is C48H61N5O2. The molecule has 1 aliphatic carbocycles. The van der Waals surface area contributed by atoms with Crippen molar-refractivity contribution in [2.24, 2.45) is 0 Å². The lowest BCUT2D eigenvalue weighted by molar-refractivity contribution is -0.109. The zero-order valence-electron chi connectivity index (χ0n) is 33.1. The first-order chi connectivity index (χ1) is 27.0. The third-order valence-electron chi connectivity index (χ3n) is 10.6. The molecular weight excluding hydrogens is 679 g/mol. The van der Waals surface area contributed by atoms with Crippen LogP contribution in [-0.2, 0) is 11.3 Å². The summed E-state index contributed by atoms with van der Waals surface area (Å²) < 4.78 is 4.32. The average Bonchev–Trinajstić information content (AvgIpc) is 3.55. The Morgan fingerprint density at radius 1 is 0.818 bits per heavy atom. The van der Waals surface area contributed by atoms with Crippen molar-refractivity contribution in [3.63, 3.8) is 0 Å². The number of fused-ring (bicyclic) bond motifs is 1. The molecule has 1 fully saturated rings. The molecule has 0 radical (unpaired) electrons. The van der Waals surface area contributed by atoms with Crippen molar-refractivity contribution < 1.29 is 9.90 Å². The third-order valence-corrected chi connectivity index (χ3v) is 10.6. The van der Waals surface area contributed by atoms with Crippen LogP contribution >= 0.6 is 0 Å². The maximum absolute atomic E-state index is 10.1. The summed E-state index contributed by atoms with van der Waals surface area (Å²) in [6, 6.07) is 29.6. The highest BCUT2D eigenvalue weighted by Gasteiger charge is 2.26. The summed E-state index contributed by atoms with van der Waals surface area (Å²) >= 11 is 0. The van der Waals surface area contributed by atoms with E-state index in [1.165, 1.54) is 51.4 Å².